The first-order chi connectivity index (χ1) is 12.1. The molecule has 0 spiro atoms. The van der Waals surface area contributed by atoms with E-state index in [1.807, 2.05) is 6.92 Å². The molecule has 0 bridgehead atoms. The number of aliphatic carboxylic acids is 1. The van der Waals surface area contributed by atoms with Crippen molar-refractivity contribution in [2.75, 3.05) is 6.61 Å². The minimum absolute atomic E-state index is 0.0835. The third kappa shape index (κ3) is 9.15. The molecule has 150 valence electrons. The Hall–Kier alpha value is -1.67. The first kappa shape index (κ1) is 22.4. The summed E-state index contributed by atoms with van der Waals surface area (Å²) < 4.78 is 16.5. The Labute approximate surface area is 155 Å². The van der Waals surface area contributed by atoms with E-state index in [1.54, 1.807) is 27.0 Å². The van der Waals surface area contributed by atoms with E-state index in [0.29, 0.717) is 13.0 Å². The Bertz CT molecular complexity index is 489. The van der Waals surface area contributed by atoms with Crippen LogP contribution in [0.2, 0.25) is 0 Å². The first-order valence-electron chi connectivity index (χ1n) is 9.09. The lowest BCUT2D eigenvalue weighted by Gasteiger charge is -2.36. The van der Waals surface area contributed by atoms with Crippen LogP contribution in [0.1, 0.15) is 60.3 Å². The van der Waals surface area contributed by atoms with Crippen molar-refractivity contribution < 1.29 is 28.9 Å². The molecular weight excluding hydrogens is 340 g/mol. The van der Waals surface area contributed by atoms with Gasteiger partial charge in [0.1, 0.15) is 11.7 Å². The summed E-state index contributed by atoms with van der Waals surface area (Å²) in [6.45, 7) is 9.78. The fourth-order valence-electron chi connectivity index (χ4n) is 2.76. The van der Waals surface area contributed by atoms with Gasteiger partial charge in [-0.1, -0.05) is 19.8 Å². The predicted molar refractivity (Wildman–Crippen MR) is 96.9 cm³/mol. The molecule has 0 aliphatic carbocycles. The largest absolute Gasteiger partial charge is 0.481 e. The molecule has 1 saturated heterocycles. The molecule has 2 N–H and O–H groups in total. The van der Waals surface area contributed by atoms with Gasteiger partial charge >= 0.3 is 12.1 Å². The highest BCUT2D eigenvalue weighted by molar-refractivity contribution is 5.71. The SMILES string of the molecule is CC(CCCCC(=O)O)[C@H]1CO[C@@H](C)O[C@H]1/C=N/NC(=O)OC(C)(C)C. The van der Waals surface area contributed by atoms with E-state index in [2.05, 4.69) is 17.5 Å². The van der Waals surface area contributed by atoms with E-state index in [1.165, 1.54) is 0 Å². The van der Waals surface area contributed by atoms with Gasteiger partial charge in [0.15, 0.2) is 6.29 Å². The van der Waals surface area contributed by atoms with Gasteiger partial charge in [-0.25, -0.2) is 10.2 Å². The van der Waals surface area contributed by atoms with Crippen molar-refractivity contribution in [2.24, 2.45) is 16.9 Å². The van der Waals surface area contributed by atoms with Gasteiger partial charge in [-0.3, -0.25) is 4.79 Å². The summed E-state index contributed by atoms with van der Waals surface area (Å²) in [5, 5.41) is 12.7. The summed E-state index contributed by atoms with van der Waals surface area (Å²) in [6, 6.07) is 0. The molecule has 0 aromatic carbocycles. The number of amides is 1. The lowest BCUT2D eigenvalue weighted by Crippen LogP contribution is -2.43. The molecule has 0 radical (unpaired) electrons. The summed E-state index contributed by atoms with van der Waals surface area (Å²) in [6.07, 6.45) is 2.87. The van der Waals surface area contributed by atoms with Crippen LogP contribution in [0.5, 0.6) is 0 Å². The summed E-state index contributed by atoms with van der Waals surface area (Å²) in [5.41, 5.74) is 1.76. The van der Waals surface area contributed by atoms with Crippen LogP contribution in [0.15, 0.2) is 5.10 Å². The molecule has 1 aliphatic rings. The van der Waals surface area contributed by atoms with E-state index >= 15 is 0 Å². The number of carbonyl (C=O) groups excluding carboxylic acids is 1. The van der Waals surface area contributed by atoms with Crippen molar-refractivity contribution in [3.8, 4) is 0 Å². The van der Waals surface area contributed by atoms with Gasteiger partial charge in [0, 0.05) is 12.3 Å². The molecule has 1 heterocycles. The van der Waals surface area contributed by atoms with Crippen molar-refractivity contribution in [3.63, 3.8) is 0 Å². The molecule has 0 saturated carbocycles. The van der Waals surface area contributed by atoms with Crippen LogP contribution in [0.25, 0.3) is 0 Å². The highest BCUT2D eigenvalue weighted by Gasteiger charge is 2.32. The molecule has 26 heavy (non-hydrogen) atoms. The number of carboxylic acids is 1. The average Bonchev–Trinajstić information content (AvgIpc) is 2.49. The van der Waals surface area contributed by atoms with Gasteiger partial charge in [0.05, 0.1) is 12.8 Å². The van der Waals surface area contributed by atoms with E-state index in [4.69, 9.17) is 19.3 Å². The van der Waals surface area contributed by atoms with Crippen molar-refractivity contribution >= 4 is 18.3 Å². The zero-order valence-corrected chi connectivity index (χ0v) is 16.4. The Morgan fingerprint density at radius 2 is 2.08 bits per heavy atom. The molecule has 1 fully saturated rings. The lowest BCUT2D eigenvalue weighted by atomic mass is 9.85. The number of hydrazone groups is 1. The Balaban J connectivity index is 2.53. The standard InChI is InChI=1S/C18H32N2O6/c1-12(8-6-7-9-16(21)22)14-11-24-13(2)25-15(14)10-19-20-17(23)26-18(3,4)5/h10,12-15H,6-9,11H2,1-5H3,(H,20,23)(H,21,22)/b19-10+/t12?,13-,14-,15+/m1/s1. The molecule has 0 aromatic rings. The summed E-state index contributed by atoms with van der Waals surface area (Å²) >= 11 is 0. The first-order valence-corrected chi connectivity index (χ1v) is 9.09. The number of nitrogens with zero attached hydrogens (tertiary/aromatic N) is 1. The molecular formula is C18H32N2O6. The van der Waals surface area contributed by atoms with Crippen LogP contribution in [-0.4, -0.2) is 48.0 Å². The molecule has 1 aliphatic heterocycles. The number of nitrogens with one attached hydrogen (secondary N) is 1. The molecule has 4 atom stereocenters. The lowest BCUT2D eigenvalue weighted by molar-refractivity contribution is -0.215. The highest BCUT2D eigenvalue weighted by atomic mass is 16.7. The smallest absolute Gasteiger partial charge is 0.428 e. The third-order valence-corrected chi connectivity index (χ3v) is 4.10. The van der Waals surface area contributed by atoms with E-state index in [-0.39, 0.29) is 30.7 Å². The summed E-state index contributed by atoms with van der Waals surface area (Å²) in [4.78, 5) is 22.2. The second-order valence-corrected chi connectivity index (χ2v) is 7.67. The number of hydrogen-bond donors (Lipinski definition) is 2. The van der Waals surface area contributed by atoms with Crippen LogP contribution in [0, 0.1) is 11.8 Å². The number of carboxylic acid groups (broad SMARTS) is 1. The third-order valence-electron chi connectivity index (χ3n) is 4.10. The maximum Gasteiger partial charge on any atom is 0.428 e. The van der Waals surface area contributed by atoms with Crippen molar-refractivity contribution in [1.82, 2.24) is 5.43 Å². The van der Waals surface area contributed by atoms with Gasteiger partial charge in [0.25, 0.3) is 0 Å². The average molecular weight is 372 g/mol. The number of ether oxygens (including phenoxy) is 3. The minimum Gasteiger partial charge on any atom is -0.481 e. The molecule has 1 amide bonds. The second-order valence-electron chi connectivity index (χ2n) is 7.67. The maximum atomic E-state index is 11.6. The normalized spacial score (nSPS) is 25.0. The molecule has 1 rings (SSSR count). The van der Waals surface area contributed by atoms with Gasteiger partial charge < -0.3 is 19.3 Å². The topological polar surface area (TPSA) is 106 Å². The maximum absolute atomic E-state index is 11.6. The van der Waals surface area contributed by atoms with Crippen molar-refractivity contribution in [3.05, 3.63) is 0 Å². The quantitative estimate of drug-likeness (QED) is 0.385. The Morgan fingerprint density at radius 1 is 1.38 bits per heavy atom. The predicted octanol–water partition coefficient (Wildman–Crippen LogP) is 3.16. The Morgan fingerprint density at radius 3 is 2.69 bits per heavy atom. The van der Waals surface area contributed by atoms with E-state index in [9.17, 15) is 9.59 Å². The highest BCUT2D eigenvalue weighted by Crippen LogP contribution is 2.28. The van der Waals surface area contributed by atoms with Crippen LogP contribution in [-0.2, 0) is 19.0 Å². The van der Waals surface area contributed by atoms with E-state index < -0.39 is 17.7 Å². The molecule has 8 heteroatoms. The fraction of sp³-hybridized carbons (Fsp3) is 0.833. The minimum atomic E-state index is -0.769. The summed E-state index contributed by atoms with van der Waals surface area (Å²) in [7, 11) is 0. The number of carbonyl (C=O) groups is 2. The number of hydrogen-bond acceptors (Lipinski definition) is 6. The van der Waals surface area contributed by atoms with Gasteiger partial charge in [-0.2, -0.15) is 5.10 Å². The van der Waals surface area contributed by atoms with Gasteiger partial charge in [-0.15, -0.1) is 0 Å². The zero-order valence-electron chi connectivity index (χ0n) is 16.4. The molecule has 8 nitrogen and oxygen atoms in total. The Kier molecular flexibility index (Phi) is 9.01. The molecule has 0 aromatic heterocycles. The number of unbranched alkanes of at least 4 members (excludes halogenated alkanes) is 1. The van der Waals surface area contributed by atoms with Crippen LogP contribution < -0.4 is 5.43 Å². The van der Waals surface area contributed by atoms with Crippen LogP contribution in [0.3, 0.4) is 0 Å². The monoisotopic (exact) mass is 372 g/mol. The van der Waals surface area contributed by atoms with Crippen molar-refractivity contribution in [2.45, 2.75) is 78.3 Å². The number of rotatable bonds is 8. The second kappa shape index (κ2) is 10.5. The zero-order chi connectivity index (χ0) is 19.7. The molecule has 1 unspecified atom stereocenters. The van der Waals surface area contributed by atoms with Crippen LogP contribution in [0.4, 0.5) is 4.79 Å². The summed E-state index contributed by atoms with van der Waals surface area (Å²) in [5.74, 6) is -0.413. The van der Waals surface area contributed by atoms with Crippen molar-refractivity contribution in [1.29, 1.82) is 0 Å². The van der Waals surface area contributed by atoms with Gasteiger partial charge in [0.2, 0.25) is 0 Å². The van der Waals surface area contributed by atoms with Crippen LogP contribution >= 0.6 is 0 Å². The fourth-order valence-corrected chi connectivity index (χ4v) is 2.76. The van der Waals surface area contributed by atoms with Gasteiger partial charge in [-0.05, 0) is 40.0 Å². The van der Waals surface area contributed by atoms with E-state index in [0.717, 1.165) is 12.8 Å².